The van der Waals surface area contributed by atoms with Gasteiger partial charge in [0.15, 0.2) is 6.07 Å². The van der Waals surface area contributed by atoms with Crippen molar-refractivity contribution in [3.05, 3.63) is 24.3 Å². The van der Waals surface area contributed by atoms with Crippen LogP contribution in [0.3, 0.4) is 0 Å². The van der Waals surface area contributed by atoms with Gasteiger partial charge in [-0.05, 0) is 24.3 Å². The van der Waals surface area contributed by atoms with Gasteiger partial charge in [0.1, 0.15) is 5.75 Å². The van der Waals surface area contributed by atoms with Gasteiger partial charge in [-0.1, -0.05) is 0 Å². The van der Waals surface area contributed by atoms with Crippen molar-refractivity contribution >= 4 is 18.0 Å². The molecular formula is C9H6N2O3. The van der Waals surface area contributed by atoms with Crippen LogP contribution in [0.4, 0.5) is 5.69 Å². The maximum atomic E-state index is 10.9. The molecule has 0 aliphatic rings. The van der Waals surface area contributed by atoms with E-state index in [4.69, 9.17) is 10.4 Å². The molecule has 14 heavy (non-hydrogen) atoms. The van der Waals surface area contributed by atoms with E-state index in [1.54, 1.807) is 0 Å². The summed E-state index contributed by atoms with van der Waals surface area (Å²) in [7, 11) is 0. The van der Waals surface area contributed by atoms with E-state index in [0.29, 0.717) is 4.90 Å². The summed E-state index contributed by atoms with van der Waals surface area (Å²) in [4.78, 5) is 22.0. The fraction of sp³-hybridized carbons (Fsp3) is 0. The predicted octanol–water partition coefficient (Wildman–Crippen LogP) is 0.405. The number of nitrogens with zero attached hydrogens (tertiary/aromatic N) is 2. The molecule has 0 unspecified atom stereocenters. The normalized spacial score (nSPS) is 8.79. The van der Waals surface area contributed by atoms with Crippen LogP contribution < -0.4 is 4.90 Å². The average molecular weight is 190 g/mol. The average Bonchev–Trinajstić information content (AvgIpc) is 2.21. The van der Waals surface area contributed by atoms with Crippen LogP contribution in [0.2, 0.25) is 0 Å². The maximum absolute atomic E-state index is 10.9. The number of amides is 2. The van der Waals surface area contributed by atoms with Crippen LogP contribution in [0.5, 0.6) is 5.75 Å². The Hall–Kier alpha value is -2.35. The summed E-state index contributed by atoms with van der Waals surface area (Å²) in [5, 5.41) is 17.3. The van der Waals surface area contributed by atoms with Gasteiger partial charge in [-0.15, -0.1) is 0 Å². The quantitative estimate of drug-likeness (QED) is 0.540. The SMILES string of the molecule is N#CC(=O)N(C=O)c1ccc(O)cc1. The molecule has 0 aromatic heterocycles. The Morgan fingerprint density at radius 3 is 2.43 bits per heavy atom. The Kier molecular flexibility index (Phi) is 2.82. The number of carbonyl (C=O) groups excluding carboxylic acids is 2. The molecule has 0 atom stereocenters. The number of hydrogen-bond acceptors (Lipinski definition) is 4. The fourth-order valence-corrected chi connectivity index (χ4v) is 0.893. The van der Waals surface area contributed by atoms with E-state index in [1.807, 2.05) is 0 Å². The molecule has 5 heteroatoms. The number of phenols is 1. The second-order valence-corrected chi connectivity index (χ2v) is 2.41. The molecule has 2 amide bonds. The van der Waals surface area contributed by atoms with Gasteiger partial charge >= 0.3 is 5.91 Å². The first-order valence-electron chi connectivity index (χ1n) is 3.66. The Labute approximate surface area is 79.8 Å². The van der Waals surface area contributed by atoms with Crippen molar-refractivity contribution in [2.75, 3.05) is 4.90 Å². The Morgan fingerprint density at radius 2 is 2.00 bits per heavy atom. The second kappa shape index (κ2) is 4.05. The standard InChI is InChI=1S/C9H6N2O3/c10-5-9(14)11(6-12)7-1-3-8(13)4-2-7/h1-4,6,13H. The molecule has 1 rings (SSSR count). The molecule has 70 valence electrons. The third-order valence-corrected chi connectivity index (χ3v) is 1.55. The number of carbonyl (C=O) groups is 2. The highest BCUT2D eigenvalue weighted by Crippen LogP contribution is 2.17. The largest absolute Gasteiger partial charge is 0.508 e. The monoisotopic (exact) mass is 190 g/mol. The first kappa shape index (κ1) is 9.74. The zero-order chi connectivity index (χ0) is 10.6. The second-order valence-electron chi connectivity index (χ2n) is 2.41. The van der Waals surface area contributed by atoms with Gasteiger partial charge in [-0.3, -0.25) is 9.59 Å². The molecule has 0 fully saturated rings. The van der Waals surface area contributed by atoms with E-state index < -0.39 is 5.91 Å². The zero-order valence-electron chi connectivity index (χ0n) is 7.04. The fourth-order valence-electron chi connectivity index (χ4n) is 0.893. The van der Waals surface area contributed by atoms with E-state index in [0.717, 1.165) is 0 Å². The van der Waals surface area contributed by atoms with Gasteiger partial charge in [0, 0.05) is 0 Å². The van der Waals surface area contributed by atoms with Crippen LogP contribution in [0.15, 0.2) is 24.3 Å². The molecule has 1 aromatic carbocycles. The number of rotatable bonds is 2. The van der Waals surface area contributed by atoms with Crippen LogP contribution in [-0.4, -0.2) is 17.4 Å². The van der Waals surface area contributed by atoms with Gasteiger partial charge in [0.05, 0.1) is 5.69 Å². The van der Waals surface area contributed by atoms with E-state index in [1.165, 1.54) is 30.3 Å². The summed E-state index contributed by atoms with van der Waals surface area (Å²) in [6.45, 7) is 0. The van der Waals surface area contributed by atoms with Crippen LogP contribution in [-0.2, 0) is 9.59 Å². The van der Waals surface area contributed by atoms with E-state index in [9.17, 15) is 9.59 Å². The maximum Gasteiger partial charge on any atom is 0.335 e. The summed E-state index contributed by atoms with van der Waals surface area (Å²) in [6.07, 6.45) is 0.248. The minimum Gasteiger partial charge on any atom is -0.508 e. The summed E-state index contributed by atoms with van der Waals surface area (Å²) < 4.78 is 0. The number of phenolic OH excluding ortho intramolecular Hbond substituents is 1. The Morgan fingerprint density at radius 1 is 1.43 bits per heavy atom. The third kappa shape index (κ3) is 1.87. The lowest BCUT2D eigenvalue weighted by Gasteiger charge is -2.10. The van der Waals surface area contributed by atoms with Crippen molar-refractivity contribution in [1.82, 2.24) is 0 Å². The summed E-state index contributed by atoms with van der Waals surface area (Å²) >= 11 is 0. The summed E-state index contributed by atoms with van der Waals surface area (Å²) in [5.41, 5.74) is 0.240. The van der Waals surface area contributed by atoms with E-state index >= 15 is 0 Å². The molecule has 0 heterocycles. The van der Waals surface area contributed by atoms with Crippen molar-refractivity contribution in [3.63, 3.8) is 0 Å². The van der Waals surface area contributed by atoms with Crippen molar-refractivity contribution in [2.24, 2.45) is 0 Å². The molecule has 0 saturated carbocycles. The van der Waals surface area contributed by atoms with Crippen LogP contribution in [0.25, 0.3) is 0 Å². The molecule has 0 radical (unpaired) electrons. The summed E-state index contributed by atoms with van der Waals surface area (Å²) in [6, 6.07) is 6.67. The highest BCUT2D eigenvalue weighted by molar-refractivity contribution is 6.14. The van der Waals surface area contributed by atoms with Gasteiger partial charge in [-0.25, -0.2) is 4.90 Å². The number of hydrogen-bond donors (Lipinski definition) is 1. The Bertz CT molecular complexity index is 392. The molecule has 5 nitrogen and oxygen atoms in total. The van der Waals surface area contributed by atoms with Gasteiger partial charge < -0.3 is 5.11 Å². The third-order valence-electron chi connectivity index (χ3n) is 1.55. The minimum atomic E-state index is -0.967. The van der Waals surface area contributed by atoms with Crippen molar-refractivity contribution < 1.29 is 14.7 Å². The van der Waals surface area contributed by atoms with Crippen LogP contribution in [0, 0.1) is 11.3 Å². The Balaban J connectivity index is 3.02. The molecule has 0 aliphatic heterocycles. The number of aromatic hydroxyl groups is 1. The molecule has 0 saturated heterocycles. The van der Waals surface area contributed by atoms with Crippen LogP contribution >= 0.6 is 0 Å². The number of imide groups is 1. The predicted molar refractivity (Wildman–Crippen MR) is 47.3 cm³/mol. The van der Waals surface area contributed by atoms with Crippen molar-refractivity contribution in [3.8, 4) is 11.8 Å². The van der Waals surface area contributed by atoms with Crippen LogP contribution in [0.1, 0.15) is 0 Å². The van der Waals surface area contributed by atoms with Gasteiger partial charge in [-0.2, -0.15) is 5.26 Å². The highest BCUT2D eigenvalue weighted by atomic mass is 16.3. The number of anilines is 1. The smallest absolute Gasteiger partial charge is 0.335 e. The molecule has 0 aliphatic carbocycles. The minimum absolute atomic E-state index is 0.0176. The molecular weight excluding hydrogens is 184 g/mol. The topological polar surface area (TPSA) is 81.4 Å². The van der Waals surface area contributed by atoms with Crippen molar-refractivity contribution in [1.29, 1.82) is 5.26 Å². The van der Waals surface area contributed by atoms with E-state index in [-0.39, 0.29) is 17.8 Å². The molecule has 1 aromatic rings. The number of nitriles is 1. The first-order valence-corrected chi connectivity index (χ1v) is 3.66. The molecule has 1 N–H and O–H groups in total. The zero-order valence-corrected chi connectivity index (χ0v) is 7.04. The molecule has 0 spiro atoms. The highest BCUT2D eigenvalue weighted by Gasteiger charge is 2.13. The number of benzene rings is 1. The van der Waals surface area contributed by atoms with E-state index in [2.05, 4.69) is 0 Å². The lowest BCUT2D eigenvalue weighted by molar-refractivity contribution is -0.117. The van der Waals surface area contributed by atoms with Crippen molar-refractivity contribution in [2.45, 2.75) is 0 Å². The first-order chi connectivity index (χ1) is 6.69. The molecule has 0 bridgehead atoms. The lowest BCUT2D eigenvalue weighted by atomic mass is 10.3. The van der Waals surface area contributed by atoms with Gasteiger partial charge in [0.2, 0.25) is 6.41 Å². The lowest BCUT2D eigenvalue weighted by Crippen LogP contribution is -2.27. The van der Waals surface area contributed by atoms with Gasteiger partial charge in [0.25, 0.3) is 0 Å². The summed E-state index contributed by atoms with van der Waals surface area (Å²) in [5.74, 6) is -0.949.